The van der Waals surface area contributed by atoms with E-state index in [1.165, 1.54) is 11.2 Å². The number of nitrogen functional groups attached to an aromatic ring is 1. The number of carbonyl (C=O) groups is 1. The molecule has 3 N–H and O–H groups in total. The molecule has 1 unspecified atom stereocenters. The summed E-state index contributed by atoms with van der Waals surface area (Å²) in [6.45, 7) is 7.02. The number of hydrogen-bond donors (Lipinski definition) is 2. The maximum atomic E-state index is 11.5. The Balaban J connectivity index is 1.63. The number of anilines is 1. The van der Waals surface area contributed by atoms with Gasteiger partial charge in [0.25, 0.3) is 0 Å². The number of para-hydroxylation sites is 1. The number of carboxylic acid groups (broad SMARTS) is 1. The third kappa shape index (κ3) is 3.73. The van der Waals surface area contributed by atoms with Crippen LogP contribution in [0.5, 0.6) is 11.5 Å². The van der Waals surface area contributed by atoms with Gasteiger partial charge in [0.1, 0.15) is 29.3 Å². The first-order chi connectivity index (χ1) is 16.4. The number of amides is 1. The van der Waals surface area contributed by atoms with Gasteiger partial charge in [-0.2, -0.15) is 0 Å². The Bertz CT molecular complexity index is 1380. The van der Waals surface area contributed by atoms with Crippen LogP contribution < -0.4 is 10.5 Å². The van der Waals surface area contributed by atoms with Gasteiger partial charge < -0.3 is 25.0 Å². The number of ether oxygens (including phenoxy) is 1. The van der Waals surface area contributed by atoms with Crippen LogP contribution in [0.2, 0.25) is 0 Å². The number of benzene rings is 2. The molecule has 0 spiro atoms. The molecule has 2 aromatic carbocycles. The van der Waals surface area contributed by atoms with E-state index in [0.29, 0.717) is 36.7 Å². The van der Waals surface area contributed by atoms with E-state index in [1.54, 1.807) is 0 Å². The van der Waals surface area contributed by atoms with Gasteiger partial charge in [0, 0.05) is 18.7 Å². The molecule has 1 atom stereocenters. The highest BCUT2D eigenvalue weighted by molar-refractivity contribution is 6.05. The van der Waals surface area contributed by atoms with Gasteiger partial charge in [-0.3, -0.25) is 0 Å². The average molecular weight is 456 g/mol. The molecule has 34 heavy (non-hydrogen) atoms. The third-order valence-electron chi connectivity index (χ3n) is 6.14. The third-order valence-corrected chi connectivity index (χ3v) is 6.14. The summed E-state index contributed by atoms with van der Waals surface area (Å²) in [5, 5.41) is 10.2. The second-order valence-electron chi connectivity index (χ2n) is 8.44. The molecule has 1 amide bonds. The first-order valence-corrected chi connectivity index (χ1v) is 11.1. The van der Waals surface area contributed by atoms with E-state index in [1.807, 2.05) is 61.5 Å². The number of rotatable bonds is 5. The molecular weight excluding hydrogens is 430 g/mol. The summed E-state index contributed by atoms with van der Waals surface area (Å²) in [5.74, 6) is 1.85. The molecule has 0 bridgehead atoms. The molecule has 4 aromatic rings. The van der Waals surface area contributed by atoms with Crippen molar-refractivity contribution < 1.29 is 14.6 Å². The normalized spacial score (nSPS) is 15.6. The molecule has 8 nitrogen and oxygen atoms in total. The van der Waals surface area contributed by atoms with Crippen molar-refractivity contribution >= 4 is 28.5 Å². The topological polar surface area (TPSA) is 107 Å². The Labute approximate surface area is 196 Å². The molecule has 0 saturated carbocycles. The van der Waals surface area contributed by atoms with Crippen LogP contribution in [-0.2, 0) is 0 Å². The van der Waals surface area contributed by atoms with Gasteiger partial charge in [0.15, 0.2) is 0 Å². The van der Waals surface area contributed by atoms with Gasteiger partial charge in [0.2, 0.25) is 0 Å². The Morgan fingerprint density at radius 2 is 1.82 bits per heavy atom. The zero-order valence-corrected chi connectivity index (χ0v) is 18.8. The molecule has 172 valence electrons. The standard InChI is InChI=1S/C26H25N5O3/c1-16(2)23-21(17-8-10-20(11-9-17)34-19-6-4-3-5-7-19)22-24(27)28-15-29-25(22)31(23)18-12-13-30(14-18)26(32)33/h3-11,15,18H,1,12-14H2,2H3,(H,32,33)(H2,27,28,29). The summed E-state index contributed by atoms with van der Waals surface area (Å²) in [4.78, 5) is 21.8. The Hall–Kier alpha value is -4.33. The molecule has 1 saturated heterocycles. The fourth-order valence-electron chi connectivity index (χ4n) is 4.65. The maximum Gasteiger partial charge on any atom is 0.407 e. The molecule has 1 aliphatic rings. The number of likely N-dealkylation sites (tertiary alicyclic amines) is 1. The lowest BCUT2D eigenvalue weighted by molar-refractivity contribution is 0.154. The van der Waals surface area contributed by atoms with Crippen LogP contribution in [0.4, 0.5) is 10.6 Å². The predicted molar refractivity (Wildman–Crippen MR) is 132 cm³/mol. The lowest BCUT2D eigenvalue weighted by Crippen LogP contribution is -2.27. The highest BCUT2D eigenvalue weighted by atomic mass is 16.5. The van der Waals surface area contributed by atoms with Crippen molar-refractivity contribution in [3.63, 3.8) is 0 Å². The number of nitrogens with zero attached hydrogens (tertiary/aromatic N) is 4. The highest BCUT2D eigenvalue weighted by Gasteiger charge is 2.32. The Morgan fingerprint density at radius 3 is 2.47 bits per heavy atom. The monoisotopic (exact) mass is 455 g/mol. The quantitative estimate of drug-likeness (QED) is 0.416. The van der Waals surface area contributed by atoms with Crippen LogP contribution in [0, 0.1) is 0 Å². The van der Waals surface area contributed by atoms with Gasteiger partial charge >= 0.3 is 6.09 Å². The number of fused-ring (bicyclic) bond motifs is 1. The molecule has 8 heteroatoms. The molecule has 3 heterocycles. The van der Waals surface area contributed by atoms with Crippen molar-refractivity contribution in [3.05, 3.63) is 73.2 Å². The molecular formula is C26H25N5O3. The van der Waals surface area contributed by atoms with Crippen molar-refractivity contribution in [2.45, 2.75) is 19.4 Å². The van der Waals surface area contributed by atoms with Gasteiger partial charge in [-0.15, -0.1) is 0 Å². The van der Waals surface area contributed by atoms with Crippen LogP contribution in [0.25, 0.3) is 27.7 Å². The van der Waals surface area contributed by atoms with Gasteiger partial charge in [-0.25, -0.2) is 14.8 Å². The van der Waals surface area contributed by atoms with E-state index < -0.39 is 6.09 Å². The highest BCUT2D eigenvalue weighted by Crippen LogP contribution is 2.43. The summed E-state index contributed by atoms with van der Waals surface area (Å²) in [6, 6.07) is 17.3. The summed E-state index contributed by atoms with van der Waals surface area (Å²) < 4.78 is 8.03. The van der Waals surface area contributed by atoms with Crippen LogP contribution in [-0.4, -0.2) is 43.7 Å². The Kier molecular flexibility index (Phi) is 5.41. The smallest absolute Gasteiger partial charge is 0.407 e. The molecule has 2 aromatic heterocycles. The van der Waals surface area contributed by atoms with Gasteiger partial charge in [-0.05, 0) is 48.7 Å². The van der Waals surface area contributed by atoms with Crippen LogP contribution in [0.1, 0.15) is 25.1 Å². The first-order valence-electron chi connectivity index (χ1n) is 11.1. The minimum absolute atomic E-state index is 0.0750. The first kappa shape index (κ1) is 21.5. The van der Waals surface area contributed by atoms with E-state index in [-0.39, 0.29) is 6.04 Å². The molecule has 1 fully saturated rings. The van der Waals surface area contributed by atoms with Crippen molar-refractivity contribution in [2.75, 3.05) is 18.8 Å². The lowest BCUT2D eigenvalue weighted by Gasteiger charge is -2.19. The second-order valence-corrected chi connectivity index (χ2v) is 8.44. The zero-order chi connectivity index (χ0) is 23.8. The lowest BCUT2D eigenvalue weighted by atomic mass is 9.99. The number of nitrogens with two attached hydrogens (primary N) is 1. The Morgan fingerprint density at radius 1 is 1.12 bits per heavy atom. The van der Waals surface area contributed by atoms with Gasteiger partial charge in [0.05, 0.1) is 17.1 Å². The summed E-state index contributed by atoms with van der Waals surface area (Å²) in [6.07, 6.45) is 1.21. The number of aromatic nitrogens is 3. The molecule has 0 aliphatic carbocycles. The van der Waals surface area contributed by atoms with E-state index in [2.05, 4.69) is 21.1 Å². The van der Waals surface area contributed by atoms with E-state index in [9.17, 15) is 9.90 Å². The molecule has 0 radical (unpaired) electrons. The molecule has 1 aliphatic heterocycles. The van der Waals surface area contributed by atoms with E-state index in [4.69, 9.17) is 10.5 Å². The van der Waals surface area contributed by atoms with Crippen molar-refractivity contribution in [3.8, 4) is 22.6 Å². The number of allylic oxidation sites excluding steroid dienone is 1. The van der Waals surface area contributed by atoms with Crippen molar-refractivity contribution in [1.82, 2.24) is 19.4 Å². The minimum Gasteiger partial charge on any atom is -0.465 e. The molecule has 5 rings (SSSR count). The van der Waals surface area contributed by atoms with Crippen molar-refractivity contribution in [1.29, 1.82) is 0 Å². The summed E-state index contributed by atoms with van der Waals surface area (Å²) in [5.41, 5.74) is 10.6. The van der Waals surface area contributed by atoms with Crippen LogP contribution in [0.3, 0.4) is 0 Å². The van der Waals surface area contributed by atoms with E-state index in [0.717, 1.165) is 33.5 Å². The minimum atomic E-state index is -0.917. The van der Waals surface area contributed by atoms with Gasteiger partial charge in [-0.1, -0.05) is 36.9 Å². The number of hydrogen-bond acceptors (Lipinski definition) is 5. The fraction of sp³-hybridized carbons (Fsp3) is 0.192. The summed E-state index contributed by atoms with van der Waals surface area (Å²) >= 11 is 0. The fourth-order valence-corrected chi connectivity index (χ4v) is 4.65. The maximum absolute atomic E-state index is 11.5. The zero-order valence-electron chi connectivity index (χ0n) is 18.8. The summed E-state index contributed by atoms with van der Waals surface area (Å²) in [7, 11) is 0. The second kappa shape index (κ2) is 8.55. The largest absolute Gasteiger partial charge is 0.465 e. The van der Waals surface area contributed by atoms with Crippen molar-refractivity contribution in [2.24, 2.45) is 0 Å². The van der Waals surface area contributed by atoms with Crippen LogP contribution in [0.15, 0.2) is 67.5 Å². The SMILES string of the molecule is C=C(C)c1c(-c2ccc(Oc3ccccc3)cc2)c2c(N)ncnc2n1C1CCN(C(=O)O)C1. The van der Waals surface area contributed by atoms with E-state index >= 15 is 0 Å². The predicted octanol–water partition coefficient (Wildman–Crippen LogP) is 5.43. The average Bonchev–Trinajstić information content (AvgIpc) is 3.44. The van der Waals surface area contributed by atoms with Crippen LogP contribution >= 0.6 is 0 Å².